The molecule has 1 aromatic carbocycles. The van der Waals surface area contributed by atoms with Crippen molar-refractivity contribution in [2.24, 2.45) is 11.8 Å². The van der Waals surface area contributed by atoms with E-state index in [1.54, 1.807) is 6.20 Å². The van der Waals surface area contributed by atoms with Gasteiger partial charge in [0.05, 0.1) is 5.52 Å². The summed E-state index contributed by atoms with van der Waals surface area (Å²) in [5, 5.41) is 19.6. The third kappa shape index (κ3) is 3.58. The first-order valence-electron chi connectivity index (χ1n) is 8.73. The third-order valence-corrected chi connectivity index (χ3v) is 4.97. The predicted octanol–water partition coefficient (Wildman–Crippen LogP) is 2.97. The van der Waals surface area contributed by atoms with Crippen LogP contribution in [0.15, 0.2) is 24.4 Å². The van der Waals surface area contributed by atoms with Crippen molar-refractivity contribution in [3.8, 4) is 0 Å². The molecule has 1 saturated heterocycles. The molecule has 0 saturated carbocycles. The van der Waals surface area contributed by atoms with Crippen molar-refractivity contribution in [3.05, 3.63) is 35.8 Å². The summed E-state index contributed by atoms with van der Waals surface area (Å²) in [5.74, 6) is -1.77. The molecule has 6 nitrogen and oxygen atoms in total. The van der Waals surface area contributed by atoms with E-state index in [0.717, 1.165) is 6.42 Å². The number of benzene rings is 1. The highest BCUT2D eigenvalue weighted by Crippen LogP contribution is 2.34. The number of halogens is 1. The van der Waals surface area contributed by atoms with Gasteiger partial charge in [-0.3, -0.25) is 14.5 Å². The van der Waals surface area contributed by atoms with Gasteiger partial charge >= 0.3 is 11.9 Å². The van der Waals surface area contributed by atoms with Crippen LogP contribution in [0.1, 0.15) is 31.9 Å². The Morgan fingerprint density at radius 3 is 2.46 bits per heavy atom. The zero-order valence-electron chi connectivity index (χ0n) is 14.9. The Morgan fingerprint density at radius 1 is 1.23 bits per heavy atom. The summed E-state index contributed by atoms with van der Waals surface area (Å²) in [4.78, 5) is 25.2. The Kier molecular flexibility index (Phi) is 5.00. The van der Waals surface area contributed by atoms with Crippen LogP contribution < -0.4 is 0 Å². The lowest BCUT2D eigenvalue weighted by Crippen LogP contribution is -2.43. The molecule has 0 amide bonds. The summed E-state index contributed by atoms with van der Waals surface area (Å²) in [5.41, 5.74) is 0.904. The van der Waals surface area contributed by atoms with Crippen molar-refractivity contribution in [1.82, 2.24) is 9.47 Å². The zero-order chi connectivity index (χ0) is 19.0. The summed E-state index contributed by atoms with van der Waals surface area (Å²) in [6.07, 6.45) is 2.59. The van der Waals surface area contributed by atoms with Crippen molar-refractivity contribution in [1.29, 1.82) is 0 Å². The van der Waals surface area contributed by atoms with Crippen molar-refractivity contribution < 1.29 is 24.2 Å². The molecular weight excluding hydrogens is 339 g/mol. The number of carbonyl (C=O) groups is 2. The minimum absolute atomic E-state index is 0.348. The number of carboxylic acids is 2. The van der Waals surface area contributed by atoms with E-state index < -0.39 is 23.8 Å². The number of aromatic nitrogens is 1. The smallest absolute Gasteiger partial charge is 0.325 e. The van der Waals surface area contributed by atoms with Crippen molar-refractivity contribution >= 4 is 22.8 Å². The summed E-state index contributed by atoms with van der Waals surface area (Å²) in [7, 11) is 0. The predicted molar refractivity (Wildman–Crippen MR) is 94.4 cm³/mol. The highest BCUT2D eigenvalue weighted by Gasteiger charge is 2.34. The fourth-order valence-corrected chi connectivity index (χ4v) is 4.20. The van der Waals surface area contributed by atoms with Gasteiger partial charge < -0.3 is 14.8 Å². The monoisotopic (exact) mass is 362 g/mol. The van der Waals surface area contributed by atoms with Gasteiger partial charge in [-0.25, -0.2) is 4.39 Å². The molecular formula is C19H23FN2O4. The van der Waals surface area contributed by atoms with Crippen molar-refractivity contribution in [2.45, 2.75) is 32.9 Å². The van der Waals surface area contributed by atoms with E-state index in [1.807, 2.05) is 4.90 Å². The minimum atomic E-state index is -1.06. The molecule has 140 valence electrons. The van der Waals surface area contributed by atoms with Gasteiger partial charge in [0, 0.05) is 30.2 Å². The van der Waals surface area contributed by atoms with E-state index in [2.05, 4.69) is 13.8 Å². The van der Waals surface area contributed by atoms with Gasteiger partial charge in [0.15, 0.2) is 0 Å². The number of carboxylic acid groups (broad SMARTS) is 2. The molecule has 0 radical (unpaired) electrons. The van der Waals surface area contributed by atoms with Gasteiger partial charge in [-0.2, -0.15) is 0 Å². The summed E-state index contributed by atoms with van der Waals surface area (Å²) in [6, 6.07) is 3.17. The maximum atomic E-state index is 13.7. The second-order valence-corrected chi connectivity index (χ2v) is 7.41. The molecule has 1 fully saturated rings. The Balaban J connectivity index is 2.11. The van der Waals surface area contributed by atoms with E-state index >= 15 is 0 Å². The Bertz CT molecular complexity index is 837. The molecule has 1 aromatic heterocycles. The average Bonchev–Trinajstić information content (AvgIpc) is 2.83. The first kappa shape index (κ1) is 18.4. The Hall–Kier alpha value is -2.41. The van der Waals surface area contributed by atoms with Gasteiger partial charge in [-0.15, -0.1) is 0 Å². The van der Waals surface area contributed by atoms with Gasteiger partial charge in [-0.05, 0) is 36.5 Å². The van der Waals surface area contributed by atoms with Crippen LogP contribution in [-0.2, 0) is 16.1 Å². The van der Waals surface area contributed by atoms with Crippen LogP contribution in [0.25, 0.3) is 10.9 Å². The first-order chi connectivity index (χ1) is 12.3. The van der Waals surface area contributed by atoms with Crippen molar-refractivity contribution in [2.75, 3.05) is 13.1 Å². The first-order valence-corrected chi connectivity index (χ1v) is 8.73. The number of fused-ring (bicyclic) bond motifs is 1. The molecule has 7 heteroatoms. The molecule has 2 heterocycles. The second kappa shape index (κ2) is 7.07. The molecule has 0 spiro atoms. The largest absolute Gasteiger partial charge is 0.480 e. The quantitative estimate of drug-likeness (QED) is 0.854. The van der Waals surface area contributed by atoms with Crippen LogP contribution in [0, 0.1) is 17.7 Å². The van der Waals surface area contributed by atoms with E-state index in [9.17, 15) is 19.1 Å². The number of aliphatic carboxylic acids is 2. The molecule has 3 rings (SSSR count). The summed E-state index contributed by atoms with van der Waals surface area (Å²) >= 11 is 0. The standard InChI is InChI=1S/C19H23FN2O4/c1-11-5-12(2)8-22(7-11)18(19(25)26)15-9-21(10-17(23)24)16-6-13(20)3-4-14(15)16/h3-4,6,9,11-12,18H,5,7-8,10H2,1-2H3,(H,23,24)(H,25,26)/t11-,12+,18-/m1/s1. The molecule has 0 aliphatic carbocycles. The molecule has 0 bridgehead atoms. The van der Waals surface area contributed by atoms with Crippen LogP contribution in [0.3, 0.4) is 0 Å². The second-order valence-electron chi connectivity index (χ2n) is 7.41. The maximum Gasteiger partial charge on any atom is 0.325 e. The Labute approximate surface area is 150 Å². The minimum Gasteiger partial charge on any atom is -0.480 e. The molecule has 1 aliphatic heterocycles. The van der Waals surface area contributed by atoms with Gasteiger partial charge in [0.2, 0.25) is 0 Å². The molecule has 2 aromatic rings. The molecule has 0 unspecified atom stereocenters. The highest BCUT2D eigenvalue weighted by molar-refractivity contribution is 5.90. The van der Waals surface area contributed by atoms with Crippen LogP contribution >= 0.6 is 0 Å². The summed E-state index contributed by atoms with van der Waals surface area (Å²) in [6.45, 7) is 5.18. The third-order valence-electron chi connectivity index (χ3n) is 4.97. The van der Waals surface area contributed by atoms with E-state index in [0.29, 0.717) is 41.4 Å². The zero-order valence-corrected chi connectivity index (χ0v) is 14.9. The lowest BCUT2D eigenvalue weighted by molar-refractivity contribution is -0.144. The highest BCUT2D eigenvalue weighted by atomic mass is 19.1. The van der Waals surface area contributed by atoms with Crippen LogP contribution in [0.5, 0.6) is 0 Å². The van der Waals surface area contributed by atoms with Gasteiger partial charge in [0.25, 0.3) is 0 Å². The molecule has 1 aliphatic rings. The van der Waals surface area contributed by atoms with Crippen LogP contribution in [-0.4, -0.2) is 44.7 Å². The number of hydrogen-bond acceptors (Lipinski definition) is 3. The average molecular weight is 362 g/mol. The number of hydrogen-bond donors (Lipinski definition) is 2. The Morgan fingerprint density at radius 2 is 1.88 bits per heavy atom. The molecule has 2 N–H and O–H groups in total. The molecule has 26 heavy (non-hydrogen) atoms. The molecule has 3 atom stereocenters. The van der Waals surface area contributed by atoms with E-state index in [1.165, 1.54) is 22.8 Å². The number of nitrogens with zero attached hydrogens (tertiary/aromatic N) is 2. The summed E-state index contributed by atoms with van der Waals surface area (Å²) < 4.78 is 15.1. The van der Waals surface area contributed by atoms with Crippen molar-refractivity contribution in [3.63, 3.8) is 0 Å². The van der Waals surface area contributed by atoms with E-state index in [-0.39, 0.29) is 6.54 Å². The fourth-order valence-electron chi connectivity index (χ4n) is 4.20. The SMILES string of the molecule is C[C@@H]1C[C@H](C)CN([C@@H](C(=O)O)c2cn(CC(=O)O)c3cc(F)ccc23)C1. The number of likely N-dealkylation sites (tertiary alicyclic amines) is 1. The number of piperidine rings is 1. The maximum absolute atomic E-state index is 13.7. The topological polar surface area (TPSA) is 82.8 Å². The normalized spacial score (nSPS) is 22.4. The van der Waals surface area contributed by atoms with E-state index in [4.69, 9.17) is 5.11 Å². The fraction of sp³-hybridized carbons (Fsp3) is 0.474. The number of rotatable bonds is 5. The lowest BCUT2D eigenvalue weighted by atomic mass is 9.89. The van der Waals surface area contributed by atoms with Crippen LogP contribution in [0.4, 0.5) is 4.39 Å². The van der Waals surface area contributed by atoms with Gasteiger partial charge in [-0.1, -0.05) is 13.8 Å². The van der Waals surface area contributed by atoms with Gasteiger partial charge in [0.1, 0.15) is 18.4 Å². The van der Waals surface area contributed by atoms with Crippen LogP contribution in [0.2, 0.25) is 0 Å². The lowest BCUT2D eigenvalue weighted by Gasteiger charge is -2.38.